The number of phenolic OH excluding ortho intramolecular Hbond substituents is 1. The number of ether oxygens (including phenoxy) is 2. The molecule has 45 heavy (non-hydrogen) atoms. The third-order valence-electron chi connectivity index (χ3n) is 10.4. The third kappa shape index (κ3) is 3.97. The number of imide groups is 1. The Morgan fingerprint density at radius 2 is 1.56 bits per heavy atom. The van der Waals surface area contributed by atoms with Crippen molar-refractivity contribution >= 4 is 29.0 Å². The molecule has 0 radical (unpaired) electrons. The van der Waals surface area contributed by atoms with E-state index in [1.165, 1.54) is 38.3 Å². The van der Waals surface area contributed by atoms with Gasteiger partial charge in [-0.15, -0.1) is 0 Å². The van der Waals surface area contributed by atoms with Crippen LogP contribution >= 0.6 is 0 Å². The van der Waals surface area contributed by atoms with Crippen molar-refractivity contribution in [2.24, 2.45) is 23.7 Å². The lowest BCUT2D eigenvalue weighted by atomic mass is 9.44. The summed E-state index contributed by atoms with van der Waals surface area (Å²) in [5, 5.41) is 11.7. The number of allylic oxidation sites excluding steroid dienone is 4. The highest BCUT2D eigenvalue weighted by atomic mass is 16.5. The molecule has 0 aromatic heterocycles. The molecule has 2 amide bonds. The first-order chi connectivity index (χ1) is 21.7. The van der Waals surface area contributed by atoms with Crippen LogP contribution in [0.1, 0.15) is 35.4 Å². The molecule has 8 heteroatoms. The van der Waals surface area contributed by atoms with E-state index in [-0.39, 0.29) is 35.6 Å². The van der Waals surface area contributed by atoms with Crippen molar-refractivity contribution < 1.29 is 33.8 Å². The average Bonchev–Trinajstić information content (AvgIpc) is 3.29. The molecule has 6 unspecified atom stereocenters. The number of Topliss-reactive ketones (excluding diaryl/α,β-unsaturated/α-hetero) is 1. The summed E-state index contributed by atoms with van der Waals surface area (Å²) in [6.45, 7) is 0. The molecule has 7 rings (SSSR count). The van der Waals surface area contributed by atoms with Gasteiger partial charge in [0.25, 0.3) is 0 Å². The van der Waals surface area contributed by atoms with Crippen molar-refractivity contribution in [3.8, 4) is 17.2 Å². The summed E-state index contributed by atoms with van der Waals surface area (Å²) in [7, 11) is 4.46. The minimum atomic E-state index is -1.47. The molecule has 1 N–H and O–H groups in total. The number of hydrogen-bond acceptors (Lipinski definition) is 7. The molecule has 4 aliphatic rings. The number of phenols is 1. The lowest BCUT2D eigenvalue weighted by Crippen LogP contribution is -2.58. The van der Waals surface area contributed by atoms with E-state index < -0.39 is 35.0 Å². The molecule has 2 fully saturated rings. The first kappa shape index (κ1) is 28.8. The van der Waals surface area contributed by atoms with Crippen LogP contribution in [0.5, 0.6) is 17.2 Å². The molecule has 3 aromatic rings. The maximum Gasteiger partial charge on any atom is 0.233 e. The Balaban J connectivity index is 1.57. The highest BCUT2D eigenvalue weighted by molar-refractivity contribution is 6.31. The number of amides is 2. The van der Waals surface area contributed by atoms with E-state index in [0.717, 1.165) is 5.57 Å². The van der Waals surface area contributed by atoms with E-state index in [2.05, 4.69) is 0 Å². The molecule has 0 bridgehead atoms. The number of fused-ring (bicyclic) bond motifs is 4. The largest absolute Gasteiger partial charge is 0.507 e. The van der Waals surface area contributed by atoms with Crippen LogP contribution in [0.3, 0.4) is 0 Å². The first-order valence-corrected chi connectivity index (χ1v) is 15.1. The molecular weight excluding hydrogens is 570 g/mol. The minimum Gasteiger partial charge on any atom is -0.507 e. The summed E-state index contributed by atoms with van der Waals surface area (Å²) in [6, 6.07) is 21.5. The lowest BCUT2D eigenvalue weighted by molar-refractivity contribution is -0.139. The predicted octanol–water partition coefficient (Wildman–Crippen LogP) is 4.86. The SMILES string of the molecule is COc1cc(O)c(C2C3=CCC4C(=O)N(C)C(=O)C4C3CC3C(=O)C(c4ccccc4)=CC(=O)C32c2ccccc2)c(OC)c1. The normalized spacial score (nSPS) is 29.0. The zero-order valence-electron chi connectivity index (χ0n) is 25.2. The van der Waals surface area contributed by atoms with Crippen LogP contribution in [-0.4, -0.2) is 54.7 Å². The van der Waals surface area contributed by atoms with E-state index in [0.29, 0.717) is 40.2 Å². The molecule has 228 valence electrons. The second-order valence-electron chi connectivity index (χ2n) is 12.3. The van der Waals surface area contributed by atoms with Gasteiger partial charge in [-0.3, -0.25) is 24.1 Å². The highest BCUT2D eigenvalue weighted by Gasteiger charge is 2.66. The van der Waals surface area contributed by atoms with E-state index >= 15 is 4.79 Å². The number of nitrogens with zero attached hydrogens (tertiary/aromatic N) is 1. The summed E-state index contributed by atoms with van der Waals surface area (Å²) in [5.41, 5.74) is 1.20. The van der Waals surface area contributed by atoms with Gasteiger partial charge in [-0.05, 0) is 36.0 Å². The lowest BCUT2D eigenvalue weighted by Gasteiger charge is -2.55. The van der Waals surface area contributed by atoms with Crippen molar-refractivity contribution in [2.45, 2.75) is 24.2 Å². The van der Waals surface area contributed by atoms with Crippen LogP contribution in [0.25, 0.3) is 5.57 Å². The second kappa shape index (κ2) is 10.6. The first-order valence-electron chi connectivity index (χ1n) is 15.1. The van der Waals surface area contributed by atoms with Gasteiger partial charge in [0.05, 0.1) is 31.5 Å². The number of ketones is 2. The van der Waals surface area contributed by atoms with Gasteiger partial charge in [-0.25, -0.2) is 0 Å². The second-order valence-corrected chi connectivity index (χ2v) is 12.3. The Kier molecular flexibility index (Phi) is 6.76. The molecule has 1 aliphatic heterocycles. The molecule has 1 saturated heterocycles. The number of benzene rings is 3. The Labute approximate surface area is 261 Å². The quantitative estimate of drug-likeness (QED) is 0.328. The van der Waals surface area contributed by atoms with Crippen LogP contribution in [0.15, 0.2) is 90.5 Å². The molecule has 6 atom stereocenters. The maximum absolute atomic E-state index is 15.0. The van der Waals surface area contributed by atoms with E-state index in [4.69, 9.17) is 9.47 Å². The maximum atomic E-state index is 15.0. The van der Waals surface area contributed by atoms with Crippen molar-refractivity contribution in [3.63, 3.8) is 0 Å². The fourth-order valence-electron chi connectivity index (χ4n) is 8.51. The summed E-state index contributed by atoms with van der Waals surface area (Å²) in [4.78, 5) is 58.0. The van der Waals surface area contributed by atoms with Crippen molar-refractivity contribution in [1.82, 2.24) is 4.90 Å². The van der Waals surface area contributed by atoms with Crippen LogP contribution in [0.4, 0.5) is 0 Å². The Bertz CT molecular complexity index is 1810. The number of likely N-dealkylation sites (tertiary alicyclic amines) is 1. The molecular formula is C37H33NO7. The molecule has 8 nitrogen and oxygen atoms in total. The van der Waals surface area contributed by atoms with Gasteiger partial charge in [-0.2, -0.15) is 0 Å². The Morgan fingerprint density at radius 3 is 2.22 bits per heavy atom. The van der Waals surface area contributed by atoms with Crippen LogP contribution in [-0.2, 0) is 24.6 Å². The van der Waals surface area contributed by atoms with Crippen LogP contribution in [0, 0.1) is 23.7 Å². The average molecular weight is 604 g/mol. The molecule has 3 aromatic carbocycles. The fourth-order valence-corrected chi connectivity index (χ4v) is 8.51. The van der Waals surface area contributed by atoms with E-state index in [9.17, 15) is 19.5 Å². The number of hydrogen-bond donors (Lipinski definition) is 1. The number of carbonyl (C=O) groups excluding carboxylic acids is 4. The van der Waals surface area contributed by atoms with Crippen molar-refractivity contribution in [3.05, 3.63) is 107 Å². The summed E-state index contributed by atoms with van der Waals surface area (Å²) >= 11 is 0. The topological polar surface area (TPSA) is 110 Å². The minimum absolute atomic E-state index is 0.155. The molecule has 3 aliphatic carbocycles. The number of aromatic hydroxyl groups is 1. The van der Waals surface area contributed by atoms with Gasteiger partial charge < -0.3 is 14.6 Å². The Hall–Kier alpha value is -4.98. The summed E-state index contributed by atoms with van der Waals surface area (Å²) in [5.74, 6) is -4.05. The number of rotatable bonds is 5. The predicted molar refractivity (Wildman–Crippen MR) is 166 cm³/mol. The van der Waals surface area contributed by atoms with E-state index in [1.807, 2.05) is 54.6 Å². The molecule has 0 spiro atoms. The van der Waals surface area contributed by atoms with Gasteiger partial charge in [0.15, 0.2) is 11.6 Å². The van der Waals surface area contributed by atoms with Crippen LogP contribution in [0.2, 0.25) is 0 Å². The highest BCUT2D eigenvalue weighted by Crippen LogP contribution is 2.65. The molecule has 1 heterocycles. The van der Waals surface area contributed by atoms with E-state index in [1.54, 1.807) is 18.2 Å². The summed E-state index contributed by atoms with van der Waals surface area (Å²) < 4.78 is 11.3. The van der Waals surface area contributed by atoms with Crippen molar-refractivity contribution in [1.29, 1.82) is 0 Å². The van der Waals surface area contributed by atoms with Gasteiger partial charge in [0, 0.05) is 42.2 Å². The van der Waals surface area contributed by atoms with Gasteiger partial charge in [-0.1, -0.05) is 72.3 Å². The van der Waals surface area contributed by atoms with Crippen molar-refractivity contribution in [2.75, 3.05) is 21.3 Å². The summed E-state index contributed by atoms with van der Waals surface area (Å²) in [6.07, 6.45) is 3.91. The standard InChI is InChI=1S/C37H33NO7/c1-38-35(42)24-15-14-23-26(31(24)36(38)43)18-27-34(41)25(20-10-6-4-7-11-20)19-30(40)37(27,21-12-8-5-9-13-21)33(23)32-28(39)16-22(44-2)17-29(32)45-3/h4-14,16-17,19,24,26-27,31,33,39H,15,18H2,1-3H3. The zero-order chi connectivity index (χ0) is 31.6. The number of methoxy groups -OCH3 is 2. The Morgan fingerprint density at radius 1 is 0.867 bits per heavy atom. The smallest absolute Gasteiger partial charge is 0.233 e. The van der Waals surface area contributed by atoms with Crippen LogP contribution < -0.4 is 9.47 Å². The monoisotopic (exact) mass is 603 g/mol. The third-order valence-corrected chi connectivity index (χ3v) is 10.4. The van der Waals surface area contributed by atoms with Gasteiger partial charge in [0.2, 0.25) is 11.8 Å². The molecule has 1 saturated carbocycles. The fraction of sp³-hybridized carbons (Fsp3) is 0.297. The van der Waals surface area contributed by atoms with Gasteiger partial charge in [0.1, 0.15) is 17.2 Å². The zero-order valence-corrected chi connectivity index (χ0v) is 25.2. The van der Waals surface area contributed by atoms with Gasteiger partial charge >= 0.3 is 0 Å². The number of carbonyl (C=O) groups is 4.